The molecule has 0 spiro atoms. The van der Waals surface area contributed by atoms with Crippen LogP contribution in [0.15, 0.2) is 23.1 Å². The third-order valence-corrected chi connectivity index (χ3v) is 4.27. The van der Waals surface area contributed by atoms with E-state index in [0.717, 1.165) is 31.1 Å². The molecule has 1 aromatic rings. The summed E-state index contributed by atoms with van der Waals surface area (Å²) in [6, 6.07) is 3.82. The van der Waals surface area contributed by atoms with Gasteiger partial charge in [0.05, 0.1) is 0 Å². The molecule has 0 N–H and O–H groups in total. The fraction of sp³-hybridized carbons (Fsp3) is 0.688. The molecule has 0 saturated carbocycles. The normalized spacial score (nSPS) is 17.8. The van der Waals surface area contributed by atoms with Gasteiger partial charge in [-0.05, 0) is 70.5 Å². The van der Waals surface area contributed by atoms with Crippen molar-refractivity contribution in [3.8, 4) is 0 Å². The SMILES string of the molecule is CN(C)CCC1CCN(Cc2ccn(C)c(=O)c2)CC1. The Morgan fingerprint density at radius 1 is 1.30 bits per heavy atom. The first-order valence-electron chi connectivity index (χ1n) is 7.57. The molecule has 1 fully saturated rings. The lowest BCUT2D eigenvalue weighted by Gasteiger charge is -2.32. The number of aromatic nitrogens is 1. The summed E-state index contributed by atoms with van der Waals surface area (Å²) in [6.07, 6.45) is 5.76. The minimum Gasteiger partial charge on any atom is -0.319 e. The highest BCUT2D eigenvalue weighted by Gasteiger charge is 2.19. The predicted molar refractivity (Wildman–Crippen MR) is 82.9 cm³/mol. The molecule has 0 radical (unpaired) electrons. The summed E-state index contributed by atoms with van der Waals surface area (Å²) in [7, 11) is 6.08. The lowest BCUT2D eigenvalue weighted by molar-refractivity contribution is 0.165. The molecule has 4 nitrogen and oxygen atoms in total. The molecule has 1 aliphatic heterocycles. The molecule has 0 aliphatic carbocycles. The molecule has 0 atom stereocenters. The first-order valence-corrected chi connectivity index (χ1v) is 7.57. The molecular weight excluding hydrogens is 250 g/mol. The first-order chi connectivity index (χ1) is 9.54. The lowest BCUT2D eigenvalue weighted by Crippen LogP contribution is -2.34. The Bertz CT molecular complexity index is 473. The molecule has 2 heterocycles. The van der Waals surface area contributed by atoms with Crippen LogP contribution >= 0.6 is 0 Å². The van der Waals surface area contributed by atoms with Crippen LogP contribution in [0.25, 0.3) is 0 Å². The highest BCUT2D eigenvalue weighted by molar-refractivity contribution is 5.10. The average molecular weight is 277 g/mol. The molecule has 0 bridgehead atoms. The second-order valence-electron chi connectivity index (χ2n) is 6.30. The fourth-order valence-electron chi connectivity index (χ4n) is 2.82. The molecule has 2 rings (SSSR count). The maximum atomic E-state index is 11.6. The standard InChI is InChI=1S/C16H27N3O/c1-17(2)8-4-14-6-10-19(11-7-14)13-15-5-9-18(3)16(20)12-15/h5,9,12,14H,4,6-8,10-11,13H2,1-3H3. The van der Waals surface area contributed by atoms with Gasteiger partial charge in [0, 0.05) is 25.9 Å². The summed E-state index contributed by atoms with van der Waals surface area (Å²) in [5.41, 5.74) is 1.23. The van der Waals surface area contributed by atoms with Crippen LogP contribution in [-0.4, -0.2) is 48.1 Å². The van der Waals surface area contributed by atoms with Crippen LogP contribution in [0.4, 0.5) is 0 Å². The maximum Gasteiger partial charge on any atom is 0.250 e. The number of piperidine rings is 1. The van der Waals surface area contributed by atoms with Crippen LogP contribution in [0.5, 0.6) is 0 Å². The second-order valence-corrected chi connectivity index (χ2v) is 6.30. The van der Waals surface area contributed by atoms with E-state index in [1.807, 2.05) is 6.20 Å². The largest absolute Gasteiger partial charge is 0.319 e. The summed E-state index contributed by atoms with van der Waals surface area (Å²) in [6.45, 7) is 4.43. The number of nitrogens with zero attached hydrogens (tertiary/aromatic N) is 3. The van der Waals surface area contributed by atoms with E-state index >= 15 is 0 Å². The highest BCUT2D eigenvalue weighted by Crippen LogP contribution is 2.21. The molecule has 0 aromatic carbocycles. The molecular formula is C16H27N3O. The van der Waals surface area contributed by atoms with Crippen molar-refractivity contribution < 1.29 is 0 Å². The molecule has 20 heavy (non-hydrogen) atoms. The first kappa shape index (κ1) is 15.3. The van der Waals surface area contributed by atoms with Gasteiger partial charge in [-0.2, -0.15) is 0 Å². The number of likely N-dealkylation sites (tertiary alicyclic amines) is 1. The molecule has 4 heteroatoms. The third-order valence-electron chi connectivity index (χ3n) is 4.27. The van der Waals surface area contributed by atoms with Gasteiger partial charge in [-0.25, -0.2) is 0 Å². The van der Waals surface area contributed by atoms with Gasteiger partial charge < -0.3 is 9.47 Å². The van der Waals surface area contributed by atoms with E-state index in [-0.39, 0.29) is 5.56 Å². The Kier molecular flexibility index (Phi) is 5.38. The topological polar surface area (TPSA) is 28.5 Å². The van der Waals surface area contributed by atoms with Crippen molar-refractivity contribution in [2.75, 3.05) is 33.7 Å². The van der Waals surface area contributed by atoms with Gasteiger partial charge in [-0.15, -0.1) is 0 Å². The zero-order valence-electron chi connectivity index (χ0n) is 13.0. The van der Waals surface area contributed by atoms with Crippen LogP contribution in [-0.2, 0) is 13.6 Å². The smallest absolute Gasteiger partial charge is 0.250 e. The number of aryl methyl sites for hydroxylation is 1. The number of hydrogen-bond donors (Lipinski definition) is 0. The summed E-state index contributed by atoms with van der Waals surface area (Å²) in [4.78, 5) is 16.4. The Morgan fingerprint density at radius 2 is 2.00 bits per heavy atom. The van der Waals surface area contributed by atoms with E-state index < -0.39 is 0 Å². The lowest BCUT2D eigenvalue weighted by atomic mass is 9.93. The molecule has 1 saturated heterocycles. The van der Waals surface area contributed by atoms with Crippen molar-refractivity contribution in [2.45, 2.75) is 25.8 Å². The van der Waals surface area contributed by atoms with Gasteiger partial charge in [-0.3, -0.25) is 9.69 Å². The van der Waals surface area contributed by atoms with Crippen molar-refractivity contribution in [3.63, 3.8) is 0 Å². The Labute approximate surface area is 122 Å². The van der Waals surface area contributed by atoms with E-state index in [0.29, 0.717) is 0 Å². The number of hydrogen-bond acceptors (Lipinski definition) is 3. The zero-order valence-corrected chi connectivity index (χ0v) is 13.0. The van der Waals surface area contributed by atoms with E-state index in [4.69, 9.17) is 0 Å². The van der Waals surface area contributed by atoms with Gasteiger partial charge >= 0.3 is 0 Å². The quantitative estimate of drug-likeness (QED) is 0.817. The predicted octanol–water partition coefficient (Wildman–Crippen LogP) is 1.55. The van der Waals surface area contributed by atoms with Crippen molar-refractivity contribution in [1.29, 1.82) is 0 Å². The number of pyridine rings is 1. The Hall–Kier alpha value is -1.13. The van der Waals surface area contributed by atoms with Crippen LogP contribution in [0.3, 0.4) is 0 Å². The van der Waals surface area contributed by atoms with Gasteiger partial charge in [0.25, 0.3) is 5.56 Å². The van der Waals surface area contributed by atoms with E-state index in [1.54, 1.807) is 17.7 Å². The maximum absolute atomic E-state index is 11.6. The van der Waals surface area contributed by atoms with Crippen molar-refractivity contribution >= 4 is 0 Å². The highest BCUT2D eigenvalue weighted by atomic mass is 16.1. The number of rotatable bonds is 5. The van der Waals surface area contributed by atoms with E-state index in [1.165, 1.54) is 25.8 Å². The Morgan fingerprint density at radius 3 is 2.60 bits per heavy atom. The van der Waals surface area contributed by atoms with Crippen molar-refractivity contribution in [1.82, 2.24) is 14.4 Å². The minimum absolute atomic E-state index is 0.0865. The van der Waals surface area contributed by atoms with Crippen LogP contribution < -0.4 is 5.56 Å². The van der Waals surface area contributed by atoms with Gasteiger partial charge in [-0.1, -0.05) is 0 Å². The summed E-state index contributed by atoms with van der Waals surface area (Å²) >= 11 is 0. The molecule has 112 valence electrons. The minimum atomic E-state index is 0.0865. The van der Waals surface area contributed by atoms with Crippen LogP contribution in [0.2, 0.25) is 0 Å². The van der Waals surface area contributed by atoms with Crippen LogP contribution in [0, 0.1) is 5.92 Å². The second kappa shape index (κ2) is 7.04. The zero-order chi connectivity index (χ0) is 14.5. The summed E-state index contributed by atoms with van der Waals surface area (Å²) < 4.78 is 1.62. The molecule has 0 amide bonds. The van der Waals surface area contributed by atoms with Gasteiger partial charge in [0.15, 0.2) is 0 Å². The summed E-state index contributed by atoms with van der Waals surface area (Å²) in [5, 5.41) is 0. The van der Waals surface area contributed by atoms with E-state index in [2.05, 4.69) is 30.0 Å². The fourth-order valence-corrected chi connectivity index (χ4v) is 2.82. The van der Waals surface area contributed by atoms with E-state index in [9.17, 15) is 4.79 Å². The van der Waals surface area contributed by atoms with Crippen molar-refractivity contribution in [2.24, 2.45) is 13.0 Å². The Balaban J connectivity index is 1.79. The molecule has 0 unspecified atom stereocenters. The van der Waals surface area contributed by atoms with Crippen LogP contribution in [0.1, 0.15) is 24.8 Å². The van der Waals surface area contributed by atoms with Crippen molar-refractivity contribution in [3.05, 3.63) is 34.2 Å². The molecule has 1 aromatic heterocycles. The average Bonchev–Trinajstić information content (AvgIpc) is 2.42. The van der Waals surface area contributed by atoms with Gasteiger partial charge in [0.1, 0.15) is 0 Å². The van der Waals surface area contributed by atoms with Gasteiger partial charge in [0.2, 0.25) is 0 Å². The third kappa shape index (κ3) is 4.46. The molecule has 1 aliphatic rings. The monoisotopic (exact) mass is 277 g/mol. The summed E-state index contributed by atoms with van der Waals surface area (Å²) in [5.74, 6) is 0.872.